The Morgan fingerprint density at radius 1 is 1.00 bits per heavy atom. The number of aliphatic hydroxyl groups excluding tert-OH is 2. The molecule has 0 spiro atoms. The first-order valence-corrected chi connectivity index (χ1v) is 19.6. The van der Waals surface area contributed by atoms with Crippen molar-refractivity contribution in [3.05, 3.63) is 34.9 Å². The molecule has 0 saturated carbocycles. The highest BCUT2D eigenvalue weighted by Crippen LogP contribution is 2.43. The molecular weight excluding hydrogens is 704 g/mol. The van der Waals surface area contributed by atoms with Gasteiger partial charge in [0.2, 0.25) is 0 Å². The lowest BCUT2D eigenvalue weighted by atomic mass is 9.73. The van der Waals surface area contributed by atoms with Crippen molar-refractivity contribution < 1.29 is 48.3 Å². The van der Waals surface area contributed by atoms with Gasteiger partial charge in [-0.3, -0.25) is 14.5 Å². The van der Waals surface area contributed by atoms with Gasteiger partial charge in [-0.05, 0) is 84.7 Å². The molecule has 14 atom stereocenters. The fraction of sp³-hybridized carbons (Fsp3) is 0.775. The number of halogens is 1. The van der Waals surface area contributed by atoms with E-state index in [1.54, 1.807) is 44.7 Å². The van der Waals surface area contributed by atoms with Gasteiger partial charge in [0.25, 0.3) is 0 Å². The molecule has 4 rings (SSSR count). The summed E-state index contributed by atoms with van der Waals surface area (Å²) in [6.45, 7) is 17.3. The minimum absolute atomic E-state index is 0.134. The molecule has 53 heavy (non-hydrogen) atoms. The van der Waals surface area contributed by atoms with Crippen LogP contribution in [-0.2, 0) is 39.7 Å². The third-order valence-electron chi connectivity index (χ3n) is 12.3. The second-order valence-corrected chi connectivity index (χ2v) is 16.5. The van der Waals surface area contributed by atoms with E-state index in [1.807, 2.05) is 53.8 Å². The maximum absolute atomic E-state index is 14.6. The summed E-state index contributed by atoms with van der Waals surface area (Å²) in [5.41, 5.74) is -1.62. The topological polar surface area (TPSA) is 144 Å². The van der Waals surface area contributed by atoms with Crippen LogP contribution in [0.2, 0.25) is 5.02 Å². The lowest BCUT2D eigenvalue weighted by Gasteiger charge is -2.48. The van der Waals surface area contributed by atoms with E-state index in [0.717, 1.165) is 5.56 Å². The van der Waals surface area contributed by atoms with E-state index in [2.05, 4.69) is 4.90 Å². The number of carbonyl (C=O) groups is 3. The fourth-order valence-electron chi connectivity index (χ4n) is 8.92. The Balaban J connectivity index is 1.76. The molecule has 2 N–H and O–H groups in total. The lowest BCUT2D eigenvalue weighted by Crippen LogP contribution is -2.61. The number of likely N-dealkylation sites (N-methyl/N-ethyl adjacent to an activating group) is 1. The number of aliphatic hydroxyl groups is 2. The number of fused-ring (bicyclic) bond motifs is 1. The summed E-state index contributed by atoms with van der Waals surface area (Å²) >= 11 is 6.11. The second-order valence-electron chi connectivity index (χ2n) is 16.1. The minimum atomic E-state index is -1.37. The minimum Gasteiger partial charge on any atom is -0.458 e. The van der Waals surface area contributed by atoms with Crippen molar-refractivity contribution in [2.24, 2.45) is 23.7 Å². The molecule has 3 fully saturated rings. The number of ketones is 1. The first-order chi connectivity index (χ1) is 24.8. The van der Waals surface area contributed by atoms with Gasteiger partial charge in [-0.1, -0.05) is 58.4 Å². The molecule has 3 aliphatic heterocycles. The van der Waals surface area contributed by atoms with Gasteiger partial charge in [0.15, 0.2) is 11.9 Å². The van der Waals surface area contributed by atoms with Gasteiger partial charge in [0.05, 0.1) is 35.9 Å². The molecule has 3 aliphatic rings. The van der Waals surface area contributed by atoms with E-state index < -0.39 is 83.7 Å². The van der Waals surface area contributed by atoms with Gasteiger partial charge in [-0.2, -0.15) is 0 Å². The van der Waals surface area contributed by atoms with Gasteiger partial charge in [0, 0.05) is 42.5 Å². The maximum atomic E-state index is 14.6. The Morgan fingerprint density at radius 3 is 2.23 bits per heavy atom. The number of hydrogen-bond acceptors (Lipinski definition) is 11. The van der Waals surface area contributed by atoms with E-state index in [0.29, 0.717) is 30.8 Å². The summed E-state index contributed by atoms with van der Waals surface area (Å²) in [4.78, 5) is 46.0. The van der Waals surface area contributed by atoms with E-state index in [-0.39, 0.29) is 30.9 Å². The smallest absolute Gasteiger partial charge is 0.410 e. The van der Waals surface area contributed by atoms with Crippen molar-refractivity contribution in [1.82, 2.24) is 9.80 Å². The number of ether oxygens (including phenoxy) is 5. The SMILES string of the molecule is CC[C@@H]1OC(=O)[C@H](C)[C@H](O)[C@H](C)[C@@H](O[C@@H]2O[C@H](C)C[C@H](N(C)CC)[C@H]2O)[C@@](C)(OC)C[C@@H](C)C(=O)[C@@H](C)[C@H]2N(CCc3ccc(Cl)cc3)C(=O)O[C@]12C. The largest absolute Gasteiger partial charge is 0.458 e. The number of amides is 1. The molecule has 12 nitrogen and oxygen atoms in total. The number of cyclic esters (lactones) is 1. The molecule has 300 valence electrons. The zero-order valence-corrected chi connectivity index (χ0v) is 34.2. The zero-order chi connectivity index (χ0) is 39.6. The molecule has 0 radical (unpaired) electrons. The predicted octanol–water partition coefficient (Wildman–Crippen LogP) is 5.27. The molecule has 1 amide bonds. The number of Topliss-reactive ketones (excluding diaryl/α,β-unsaturated/α-hetero) is 1. The van der Waals surface area contributed by atoms with Crippen LogP contribution in [0.1, 0.15) is 87.1 Å². The number of nitrogens with zero attached hydrogens (tertiary/aromatic N) is 2. The van der Waals surface area contributed by atoms with Crippen LogP contribution in [-0.4, -0.2) is 125 Å². The highest BCUT2D eigenvalue weighted by atomic mass is 35.5. The summed E-state index contributed by atoms with van der Waals surface area (Å²) in [5, 5.41) is 24.0. The lowest BCUT2D eigenvalue weighted by molar-refractivity contribution is -0.302. The van der Waals surface area contributed by atoms with E-state index in [1.165, 1.54) is 7.11 Å². The zero-order valence-electron chi connectivity index (χ0n) is 33.4. The number of methoxy groups -OCH3 is 1. The van der Waals surface area contributed by atoms with Crippen LogP contribution >= 0.6 is 11.6 Å². The third kappa shape index (κ3) is 9.06. The molecule has 3 heterocycles. The van der Waals surface area contributed by atoms with Crippen molar-refractivity contribution in [3.63, 3.8) is 0 Å². The van der Waals surface area contributed by atoms with E-state index in [4.69, 9.17) is 35.3 Å². The van der Waals surface area contributed by atoms with Crippen LogP contribution in [0.25, 0.3) is 0 Å². The van der Waals surface area contributed by atoms with Crippen LogP contribution in [0.15, 0.2) is 24.3 Å². The van der Waals surface area contributed by atoms with Gasteiger partial charge in [-0.15, -0.1) is 0 Å². The van der Waals surface area contributed by atoms with Gasteiger partial charge >= 0.3 is 12.1 Å². The maximum Gasteiger partial charge on any atom is 0.410 e. The monoisotopic (exact) mass is 766 g/mol. The summed E-state index contributed by atoms with van der Waals surface area (Å²) in [7, 11) is 3.46. The van der Waals surface area contributed by atoms with Crippen LogP contribution in [0, 0.1) is 23.7 Å². The number of esters is 1. The molecule has 3 saturated heterocycles. The molecule has 13 heteroatoms. The third-order valence-corrected chi connectivity index (χ3v) is 12.6. The Bertz CT molecular complexity index is 1420. The van der Waals surface area contributed by atoms with E-state index >= 15 is 0 Å². The summed E-state index contributed by atoms with van der Waals surface area (Å²) in [5.74, 6) is -3.94. The first kappa shape index (κ1) is 43.4. The van der Waals surface area contributed by atoms with Crippen LogP contribution < -0.4 is 0 Å². The van der Waals surface area contributed by atoms with Gasteiger partial charge in [0.1, 0.15) is 18.0 Å². The van der Waals surface area contributed by atoms with E-state index in [9.17, 15) is 24.6 Å². The average Bonchev–Trinajstić information content (AvgIpc) is 3.39. The highest BCUT2D eigenvalue weighted by Gasteiger charge is 2.60. The fourth-order valence-corrected chi connectivity index (χ4v) is 9.05. The first-order valence-electron chi connectivity index (χ1n) is 19.2. The molecule has 0 aromatic heterocycles. The Kier molecular flexibility index (Phi) is 14.5. The molecule has 0 aliphatic carbocycles. The molecule has 1 aromatic rings. The van der Waals surface area contributed by atoms with Crippen molar-refractivity contribution in [3.8, 4) is 0 Å². The molecule has 0 unspecified atom stereocenters. The highest BCUT2D eigenvalue weighted by molar-refractivity contribution is 6.30. The van der Waals surface area contributed by atoms with Crippen molar-refractivity contribution in [1.29, 1.82) is 0 Å². The summed E-state index contributed by atoms with van der Waals surface area (Å²) in [6.07, 6.45) is -4.51. The standard InChI is InChI=1S/C40H63ClN2O10/c1-12-30-40(9)34(43(38(48)53-40)19-18-27-14-16-28(41)17-15-27)24(5)31(44)22(3)21-39(8,49-11)35(25(6)32(45)26(7)36(47)51-30)52-37-33(46)29(42(10)13-2)20-23(4)50-37/h14-17,22-26,29-30,32-35,37,45-46H,12-13,18-21H2,1-11H3/t22-,23-,24-,25+,26-,29+,30+,32-,33-,34-,35-,37+,39+,40-/m1/s1. The van der Waals surface area contributed by atoms with Crippen molar-refractivity contribution in [2.45, 2.75) is 148 Å². The second kappa shape index (κ2) is 17.6. The Labute approximate surface area is 320 Å². The number of hydrogen-bond donors (Lipinski definition) is 2. The van der Waals surface area contributed by atoms with Crippen LogP contribution in [0.5, 0.6) is 0 Å². The number of carbonyl (C=O) groups excluding carboxylic acids is 3. The molecule has 0 bridgehead atoms. The summed E-state index contributed by atoms with van der Waals surface area (Å²) in [6, 6.07) is 6.33. The molecular formula is C40H63ClN2O10. The Hall–Kier alpha value is -2.32. The number of benzene rings is 1. The molecule has 1 aromatic carbocycles. The quantitative estimate of drug-likeness (QED) is 0.318. The van der Waals surface area contributed by atoms with Crippen molar-refractivity contribution in [2.75, 3.05) is 27.2 Å². The van der Waals surface area contributed by atoms with Gasteiger partial charge in [-0.25, -0.2) is 4.79 Å². The van der Waals surface area contributed by atoms with Gasteiger partial charge < -0.3 is 38.8 Å². The van der Waals surface area contributed by atoms with Crippen LogP contribution in [0.3, 0.4) is 0 Å². The summed E-state index contributed by atoms with van der Waals surface area (Å²) < 4.78 is 31.4. The van der Waals surface area contributed by atoms with Crippen LogP contribution in [0.4, 0.5) is 4.79 Å². The Morgan fingerprint density at radius 2 is 1.64 bits per heavy atom. The normalized spacial score (nSPS) is 40.4. The van der Waals surface area contributed by atoms with Crippen molar-refractivity contribution >= 4 is 29.4 Å². The number of rotatable bonds is 9. The predicted molar refractivity (Wildman–Crippen MR) is 200 cm³/mol. The average molecular weight is 767 g/mol.